The van der Waals surface area contributed by atoms with Crippen molar-refractivity contribution < 1.29 is 4.74 Å². The zero-order valence-electron chi connectivity index (χ0n) is 13.9. The number of anilines is 1. The maximum absolute atomic E-state index is 5.86. The number of nitrogens with one attached hydrogen (secondary N) is 1. The van der Waals surface area contributed by atoms with Crippen LogP contribution in [0.3, 0.4) is 0 Å². The highest BCUT2D eigenvalue weighted by Gasteiger charge is 2.30. The van der Waals surface area contributed by atoms with E-state index >= 15 is 0 Å². The average molecular weight is 308 g/mol. The van der Waals surface area contributed by atoms with Crippen molar-refractivity contribution >= 4 is 5.69 Å². The van der Waals surface area contributed by atoms with E-state index in [1.54, 1.807) is 0 Å². The van der Waals surface area contributed by atoms with Crippen molar-refractivity contribution in [3.63, 3.8) is 0 Å². The zero-order valence-corrected chi connectivity index (χ0v) is 13.9. The highest BCUT2D eigenvalue weighted by atomic mass is 16.5. The number of nitrogens with zero attached hydrogens (tertiary/aromatic N) is 1. The fourth-order valence-corrected chi connectivity index (χ4v) is 2.98. The van der Waals surface area contributed by atoms with Gasteiger partial charge in [-0.15, -0.1) is 0 Å². The molecule has 0 aliphatic carbocycles. The van der Waals surface area contributed by atoms with Crippen LogP contribution in [0.1, 0.15) is 26.7 Å². The molecule has 1 heterocycles. The zero-order chi connectivity index (χ0) is 16.2. The maximum atomic E-state index is 5.86. The standard InChI is InChI=1S/C20H24N2O/c1-4-13-21-20(5-2)22-15(3)23-19-12-11-17(14-18(19)22)16-9-7-6-8-10-16/h6-12,14,20-21H,3-5,13H2,1-2H3. The van der Waals surface area contributed by atoms with Gasteiger partial charge in [0.05, 0.1) is 11.9 Å². The van der Waals surface area contributed by atoms with E-state index in [0.29, 0.717) is 5.88 Å². The van der Waals surface area contributed by atoms with Gasteiger partial charge in [-0.05, 0) is 49.2 Å². The van der Waals surface area contributed by atoms with Crippen LogP contribution in [0.4, 0.5) is 5.69 Å². The first kappa shape index (κ1) is 15.6. The van der Waals surface area contributed by atoms with Crippen LogP contribution in [0.25, 0.3) is 11.1 Å². The summed E-state index contributed by atoms with van der Waals surface area (Å²) in [7, 11) is 0. The maximum Gasteiger partial charge on any atom is 0.194 e. The molecule has 0 fully saturated rings. The van der Waals surface area contributed by atoms with E-state index in [1.807, 2.05) is 12.1 Å². The number of fused-ring (bicyclic) bond motifs is 1. The number of ether oxygens (including phenoxy) is 1. The fraction of sp³-hybridized carbons (Fsp3) is 0.300. The van der Waals surface area contributed by atoms with Crippen molar-refractivity contribution in [1.29, 1.82) is 0 Å². The van der Waals surface area contributed by atoms with Crippen molar-refractivity contribution in [2.24, 2.45) is 0 Å². The third kappa shape index (κ3) is 3.10. The quantitative estimate of drug-likeness (QED) is 0.832. The molecular weight excluding hydrogens is 284 g/mol. The van der Waals surface area contributed by atoms with Gasteiger partial charge in [-0.1, -0.05) is 50.2 Å². The van der Waals surface area contributed by atoms with Crippen molar-refractivity contribution in [3.8, 4) is 16.9 Å². The van der Waals surface area contributed by atoms with E-state index in [0.717, 1.165) is 30.8 Å². The molecule has 0 aromatic heterocycles. The molecule has 1 N–H and O–H groups in total. The van der Waals surface area contributed by atoms with Gasteiger partial charge in [-0.25, -0.2) is 0 Å². The molecule has 1 aliphatic rings. The monoisotopic (exact) mass is 308 g/mol. The molecule has 0 radical (unpaired) electrons. The van der Waals surface area contributed by atoms with Crippen LogP contribution >= 0.6 is 0 Å². The van der Waals surface area contributed by atoms with Gasteiger partial charge in [-0.3, -0.25) is 10.2 Å². The second kappa shape index (κ2) is 6.88. The van der Waals surface area contributed by atoms with Crippen molar-refractivity contribution in [3.05, 3.63) is 61.0 Å². The van der Waals surface area contributed by atoms with Gasteiger partial charge < -0.3 is 4.74 Å². The minimum absolute atomic E-state index is 0.203. The smallest absolute Gasteiger partial charge is 0.194 e. The molecule has 3 rings (SSSR count). The Balaban J connectivity index is 1.95. The highest BCUT2D eigenvalue weighted by Crippen LogP contribution is 2.42. The van der Waals surface area contributed by atoms with Crippen LogP contribution in [-0.2, 0) is 0 Å². The van der Waals surface area contributed by atoms with Gasteiger partial charge >= 0.3 is 0 Å². The van der Waals surface area contributed by atoms with E-state index in [-0.39, 0.29) is 6.17 Å². The minimum Gasteiger partial charge on any atom is -0.439 e. The second-order valence-electron chi connectivity index (χ2n) is 5.79. The van der Waals surface area contributed by atoms with Crippen LogP contribution in [0.5, 0.6) is 5.75 Å². The summed E-state index contributed by atoms with van der Waals surface area (Å²) in [5, 5.41) is 3.58. The molecule has 1 atom stereocenters. The van der Waals surface area contributed by atoms with E-state index < -0.39 is 0 Å². The van der Waals surface area contributed by atoms with Crippen LogP contribution < -0.4 is 15.0 Å². The van der Waals surface area contributed by atoms with Crippen LogP contribution in [-0.4, -0.2) is 12.7 Å². The second-order valence-corrected chi connectivity index (χ2v) is 5.79. The van der Waals surface area contributed by atoms with E-state index in [2.05, 4.69) is 67.0 Å². The van der Waals surface area contributed by atoms with Crippen molar-refractivity contribution in [2.75, 3.05) is 11.4 Å². The molecule has 2 aromatic rings. The minimum atomic E-state index is 0.203. The summed E-state index contributed by atoms with van der Waals surface area (Å²) in [6, 6.07) is 16.8. The molecule has 23 heavy (non-hydrogen) atoms. The average Bonchev–Trinajstić information content (AvgIpc) is 2.92. The molecule has 0 spiro atoms. The van der Waals surface area contributed by atoms with E-state index in [9.17, 15) is 0 Å². The van der Waals surface area contributed by atoms with Crippen LogP contribution in [0, 0.1) is 0 Å². The van der Waals surface area contributed by atoms with Gasteiger partial charge in [0.2, 0.25) is 0 Å². The van der Waals surface area contributed by atoms with Gasteiger partial charge in [0.1, 0.15) is 0 Å². The third-order valence-electron chi connectivity index (χ3n) is 4.15. The topological polar surface area (TPSA) is 24.5 Å². The predicted octanol–water partition coefficient (Wildman–Crippen LogP) is 4.76. The van der Waals surface area contributed by atoms with E-state index in [1.165, 1.54) is 11.1 Å². The van der Waals surface area contributed by atoms with E-state index in [4.69, 9.17) is 4.74 Å². The summed E-state index contributed by atoms with van der Waals surface area (Å²) in [6.45, 7) is 9.43. The lowest BCUT2D eigenvalue weighted by Gasteiger charge is -2.29. The molecule has 3 nitrogen and oxygen atoms in total. The van der Waals surface area contributed by atoms with Gasteiger partial charge in [0.25, 0.3) is 0 Å². The van der Waals surface area contributed by atoms with Gasteiger partial charge in [0.15, 0.2) is 11.6 Å². The first-order valence-corrected chi connectivity index (χ1v) is 8.33. The number of benzene rings is 2. The summed E-state index contributed by atoms with van der Waals surface area (Å²) in [4.78, 5) is 2.18. The molecule has 0 saturated heterocycles. The van der Waals surface area contributed by atoms with Gasteiger partial charge in [0, 0.05) is 0 Å². The molecule has 1 unspecified atom stereocenters. The Bertz CT molecular complexity index is 681. The molecule has 120 valence electrons. The molecule has 1 aliphatic heterocycles. The highest BCUT2D eigenvalue weighted by molar-refractivity contribution is 5.76. The number of hydrogen-bond acceptors (Lipinski definition) is 3. The molecule has 0 amide bonds. The summed E-state index contributed by atoms with van der Waals surface area (Å²) >= 11 is 0. The Kier molecular flexibility index (Phi) is 4.68. The lowest BCUT2D eigenvalue weighted by molar-refractivity contribution is 0.404. The first-order chi connectivity index (χ1) is 11.2. The summed E-state index contributed by atoms with van der Waals surface area (Å²) < 4.78 is 5.86. The summed E-state index contributed by atoms with van der Waals surface area (Å²) in [6.07, 6.45) is 2.29. The molecular formula is C20H24N2O. The predicted molar refractivity (Wildman–Crippen MR) is 96.5 cm³/mol. The summed E-state index contributed by atoms with van der Waals surface area (Å²) in [5.41, 5.74) is 3.49. The fourth-order valence-electron chi connectivity index (χ4n) is 2.98. The molecule has 3 heteroatoms. The van der Waals surface area contributed by atoms with Crippen molar-refractivity contribution in [1.82, 2.24) is 5.32 Å². The van der Waals surface area contributed by atoms with Crippen molar-refractivity contribution in [2.45, 2.75) is 32.9 Å². The van der Waals surface area contributed by atoms with Crippen LogP contribution in [0.15, 0.2) is 61.0 Å². The Labute approximate surface area is 138 Å². The molecule has 0 bridgehead atoms. The third-order valence-corrected chi connectivity index (χ3v) is 4.15. The Morgan fingerprint density at radius 3 is 2.57 bits per heavy atom. The Morgan fingerprint density at radius 2 is 1.87 bits per heavy atom. The Hall–Kier alpha value is -2.26. The molecule has 0 saturated carbocycles. The van der Waals surface area contributed by atoms with Gasteiger partial charge in [-0.2, -0.15) is 0 Å². The Morgan fingerprint density at radius 1 is 1.09 bits per heavy atom. The molecule has 2 aromatic carbocycles. The summed E-state index contributed by atoms with van der Waals surface area (Å²) in [5.74, 6) is 1.58. The number of hydrogen-bond donors (Lipinski definition) is 1. The SMILES string of the molecule is C=C1Oc2ccc(-c3ccccc3)cc2N1C(CC)NCCC. The normalized spacial score (nSPS) is 14.5. The lowest BCUT2D eigenvalue weighted by atomic mass is 10.0. The largest absolute Gasteiger partial charge is 0.439 e. The lowest BCUT2D eigenvalue weighted by Crippen LogP contribution is -2.44. The number of rotatable bonds is 6. The first-order valence-electron chi connectivity index (χ1n) is 8.33. The van der Waals surface area contributed by atoms with Crippen LogP contribution in [0.2, 0.25) is 0 Å².